The Morgan fingerprint density at radius 2 is 2.08 bits per heavy atom. The summed E-state index contributed by atoms with van der Waals surface area (Å²) in [5.41, 5.74) is 0.906. The highest BCUT2D eigenvalue weighted by atomic mass is 35.5. The molecule has 0 bridgehead atoms. The van der Waals surface area contributed by atoms with Crippen molar-refractivity contribution >= 4 is 52.1 Å². The second-order valence-electron chi connectivity index (χ2n) is 8.67. The first kappa shape index (κ1) is 26.6. The summed E-state index contributed by atoms with van der Waals surface area (Å²) in [5, 5.41) is 12.0. The van der Waals surface area contributed by atoms with E-state index in [-0.39, 0.29) is 12.4 Å². The van der Waals surface area contributed by atoms with Crippen molar-refractivity contribution in [3.63, 3.8) is 0 Å². The van der Waals surface area contributed by atoms with Gasteiger partial charge in [-0.1, -0.05) is 65.3 Å². The number of benzene rings is 1. The molecule has 6 atom stereocenters. The number of rotatable bonds is 6. The topological polar surface area (TPSA) is 97.8 Å². The van der Waals surface area contributed by atoms with Gasteiger partial charge in [-0.05, 0) is 6.07 Å². The number of methoxy groups -OCH3 is 1. The lowest BCUT2D eigenvalue weighted by Gasteiger charge is -2.48. The average molecular weight is 604 g/mol. The summed E-state index contributed by atoms with van der Waals surface area (Å²) < 4.78 is 26.9. The van der Waals surface area contributed by atoms with Crippen molar-refractivity contribution in [2.45, 2.75) is 41.0 Å². The first-order chi connectivity index (χ1) is 19.0. The highest BCUT2D eigenvalue weighted by Crippen LogP contribution is 2.46. The molecular weight excluding hydrogens is 583 g/mol. The van der Waals surface area contributed by atoms with Crippen LogP contribution >= 0.6 is 46.3 Å². The van der Waals surface area contributed by atoms with Crippen LogP contribution < -0.4 is 0 Å². The number of thiazole rings is 1. The number of nitrogens with zero attached hydrogens (tertiary/aromatic N) is 6. The van der Waals surface area contributed by atoms with E-state index in [0.29, 0.717) is 25.8 Å². The van der Waals surface area contributed by atoms with E-state index in [0.717, 1.165) is 5.56 Å². The Morgan fingerprint density at radius 1 is 1.23 bits per heavy atom. The molecule has 1 aromatic carbocycles. The number of halogens is 2. The Morgan fingerprint density at radius 3 is 2.82 bits per heavy atom. The lowest BCUT2D eigenvalue weighted by Crippen LogP contribution is -2.59. The molecule has 2 saturated heterocycles. The van der Waals surface area contributed by atoms with Crippen LogP contribution in [0, 0.1) is 6.57 Å². The fourth-order valence-corrected chi connectivity index (χ4v) is 6.97. The van der Waals surface area contributed by atoms with Gasteiger partial charge in [-0.15, -0.1) is 33.2 Å². The normalized spacial score (nSPS) is 26.6. The van der Waals surface area contributed by atoms with Gasteiger partial charge in [0, 0.05) is 22.9 Å². The van der Waals surface area contributed by atoms with Crippen LogP contribution in [0.2, 0.25) is 10.2 Å². The van der Waals surface area contributed by atoms with E-state index in [2.05, 4.69) is 25.1 Å². The highest BCUT2D eigenvalue weighted by molar-refractivity contribution is 8.00. The summed E-state index contributed by atoms with van der Waals surface area (Å²) in [5.74, 6) is 0.227. The van der Waals surface area contributed by atoms with Crippen LogP contribution in [0.3, 0.4) is 0 Å². The molecule has 0 amide bonds. The molecule has 10 nitrogen and oxygen atoms in total. The predicted molar refractivity (Wildman–Crippen MR) is 146 cm³/mol. The fraction of sp³-hybridized carbons (Fsp3) is 0.320. The third-order valence-corrected chi connectivity index (χ3v) is 8.87. The quantitative estimate of drug-likeness (QED) is 0.252. The Kier molecular flexibility index (Phi) is 7.84. The zero-order valence-corrected chi connectivity index (χ0v) is 23.4. The Hall–Kier alpha value is -2.60. The molecule has 3 unspecified atom stereocenters. The molecular formula is C25H20Cl2N6O4S2. The lowest BCUT2D eigenvalue weighted by molar-refractivity contribution is -0.308. The zero-order valence-electron chi connectivity index (χ0n) is 20.3. The zero-order chi connectivity index (χ0) is 26.9. The molecule has 0 spiro atoms. The van der Waals surface area contributed by atoms with Crippen LogP contribution in [0.4, 0.5) is 5.82 Å². The SMILES string of the molecule is [C-]#[N+]c1ncc(Cl)cc1S[C@H]1OC2COC(c3ccccc3)O[C@@H]2[C@H](n2cc(-c3nc(Cl)cs3)nn2)C1OC. The van der Waals surface area contributed by atoms with E-state index in [1.807, 2.05) is 30.3 Å². The Labute approximate surface area is 242 Å². The summed E-state index contributed by atoms with van der Waals surface area (Å²) in [6.07, 6.45) is 1.16. The van der Waals surface area contributed by atoms with Crippen LogP contribution in [0.15, 0.2) is 59.1 Å². The van der Waals surface area contributed by atoms with Crippen LogP contribution in [-0.2, 0) is 18.9 Å². The van der Waals surface area contributed by atoms with Crippen molar-refractivity contribution in [2.24, 2.45) is 0 Å². The van der Waals surface area contributed by atoms with Crippen LogP contribution in [0.5, 0.6) is 0 Å². The minimum absolute atomic E-state index is 0.227. The molecule has 2 aliphatic heterocycles. The highest BCUT2D eigenvalue weighted by Gasteiger charge is 2.52. The van der Waals surface area contributed by atoms with Gasteiger partial charge < -0.3 is 23.8 Å². The average Bonchev–Trinajstić information content (AvgIpc) is 3.62. The maximum Gasteiger partial charge on any atom is 0.283 e. The lowest BCUT2D eigenvalue weighted by atomic mass is 9.96. The summed E-state index contributed by atoms with van der Waals surface area (Å²) in [7, 11) is 1.60. The van der Waals surface area contributed by atoms with Crippen molar-refractivity contribution in [2.75, 3.05) is 13.7 Å². The van der Waals surface area contributed by atoms with Gasteiger partial charge in [0.1, 0.15) is 51.8 Å². The third-order valence-electron chi connectivity index (χ3n) is 6.31. The fourth-order valence-electron chi connectivity index (χ4n) is 4.59. The molecule has 3 aromatic heterocycles. The second-order valence-corrected chi connectivity index (χ2v) is 11.5. The van der Waals surface area contributed by atoms with Gasteiger partial charge in [-0.3, -0.25) is 0 Å². The van der Waals surface area contributed by atoms with E-state index in [9.17, 15) is 0 Å². The molecule has 4 aromatic rings. The molecule has 2 aliphatic rings. The van der Waals surface area contributed by atoms with Crippen molar-refractivity contribution in [3.05, 3.63) is 81.3 Å². The van der Waals surface area contributed by atoms with Crippen LogP contribution in [-0.4, -0.2) is 62.4 Å². The smallest absolute Gasteiger partial charge is 0.283 e. The maximum atomic E-state index is 7.54. The third kappa shape index (κ3) is 5.41. The van der Waals surface area contributed by atoms with Gasteiger partial charge in [0.25, 0.3) is 5.82 Å². The van der Waals surface area contributed by atoms with Gasteiger partial charge in [0.05, 0.1) is 17.8 Å². The van der Waals surface area contributed by atoms with Crippen molar-refractivity contribution in [1.82, 2.24) is 25.0 Å². The molecule has 0 N–H and O–H groups in total. The second kappa shape index (κ2) is 11.5. The molecule has 5 heterocycles. The number of hydrogen-bond donors (Lipinski definition) is 0. The van der Waals surface area contributed by atoms with E-state index in [4.69, 9.17) is 48.7 Å². The minimum Gasteiger partial charge on any atom is -0.375 e. The van der Waals surface area contributed by atoms with E-state index in [1.165, 1.54) is 29.3 Å². The monoisotopic (exact) mass is 602 g/mol. The van der Waals surface area contributed by atoms with Gasteiger partial charge in [-0.25, -0.2) is 9.67 Å². The number of aromatic nitrogens is 5. The largest absolute Gasteiger partial charge is 0.375 e. The summed E-state index contributed by atoms with van der Waals surface area (Å²) in [4.78, 5) is 12.6. The van der Waals surface area contributed by atoms with Crippen LogP contribution in [0.25, 0.3) is 15.5 Å². The molecule has 0 aliphatic carbocycles. The first-order valence-electron chi connectivity index (χ1n) is 11.8. The first-order valence-corrected chi connectivity index (χ1v) is 14.3. The predicted octanol–water partition coefficient (Wildman–Crippen LogP) is 5.84. The Balaban J connectivity index is 1.37. The maximum absolute atomic E-state index is 7.54. The molecule has 0 saturated carbocycles. The van der Waals surface area contributed by atoms with Gasteiger partial charge in [0.15, 0.2) is 6.29 Å². The van der Waals surface area contributed by atoms with Gasteiger partial charge in [-0.2, -0.15) is 0 Å². The standard InChI is InChI=1S/C25H20Cl2N6O4S2/c1-28-22-17(8-14(26)9-29-22)39-25-21(34-2)19(33-10-15(31-32-33)23-30-18(27)12-38-23)20-16(36-25)11-35-24(37-20)13-6-4-3-5-7-13/h3-10,12,16,19-21,24-25H,11H2,2H3/t16?,19-,20-,21?,24?,25+/m0/s1. The van der Waals surface area contributed by atoms with Gasteiger partial charge >= 0.3 is 0 Å². The number of pyridine rings is 1. The van der Waals surface area contributed by atoms with Crippen molar-refractivity contribution in [3.8, 4) is 10.7 Å². The molecule has 14 heteroatoms. The molecule has 39 heavy (non-hydrogen) atoms. The minimum atomic E-state index is -0.591. The van der Waals surface area contributed by atoms with Crippen molar-refractivity contribution in [1.29, 1.82) is 0 Å². The molecule has 6 rings (SSSR count). The van der Waals surface area contributed by atoms with Crippen molar-refractivity contribution < 1.29 is 18.9 Å². The molecule has 2 fully saturated rings. The molecule has 200 valence electrons. The number of thioether (sulfide) groups is 1. The summed E-state index contributed by atoms with van der Waals surface area (Å²) in [6.45, 7) is 7.82. The van der Waals surface area contributed by atoms with E-state index in [1.54, 1.807) is 29.4 Å². The summed E-state index contributed by atoms with van der Waals surface area (Å²) in [6, 6.07) is 11.0. The van der Waals surface area contributed by atoms with Gasteiger partial charge in [0.2, 0.25) is 0 Å². The Bertz CT molecular complexity index is 1500. The molecule has 0 radical (unpaired) electrons. The summed E-state index contributed by atoms with van der Waals surface area (Å²) >= 11 is 14.9. The number of ether oxygens (including phenoxy) is 4. The van der Waals surface area contributed by atoms with Crippen LogP contribution in [0.1, 0.15) is 17.9 Å². The number of hydrogen-bond acceptors (Lipinski definition) is 10. The van der Waals surface area contributed by atoms with E-state index < -0.39 is 36.1 Å². The number of fused-ring (bicyclic) bond motifs is 1. The van der Waals surface area contributed by atoms with E-state index >= 15 is 0 Å².